The first kappa shape index (κ1) is 34.4. The lowest BCUT2D eigenvalue weighted by Crippen LogP contribution is -2.26. The van der Waals surface area contributed by atoms with E-state index in [9.17, 15) is 0 Å². The predicted molar refractivity (Wildman–Crippen MR) is 221 cm³/mol. The summed E-state index contributed by atoms with van der Waals surface area (Å²) in [4.78, 5) is 2.59. The number of unbranched alkanes of at least 4 members (excludes halogenated alkanes) is 6. The lowest BCUT2D eigenvalue weighted by molar-refractivity contribution is 0.401. The Kier molecular flexibility index (Phi) is 9.83. The minimum atomic E-state index is 0.0897. The molecule has 0 aliphatic heterocycles. The number of rotatable bonds is 15. The van der Waals surface area contributed by atoms with Crippen molar-refractivity contribution >= 4 is 17.1 Å². The largest absolute Gasteiger partial charge is 0.310 e. The lowest BCUT2D eigenvalue weighted by atomic mass is 9.70. The van der Waals surface area contributed by atoms with E-state index < -0.39 is 0 Å². The van der Waals surface area contributed by atoms with Gasteiger partial charge in [0.2, 0.25) is 0 Å². The van der Waals surface area contributed by atoms with Crippen LogP contribution in [0.3, 0.4) is 0 Å². The molecule has 4 bridgehead atoms. The zero-order valence-corrected chi connectivity index (χ0v) is 32.3. The molecule has 9 rings (SSSR count). The summed E-state index contributed by atoms with van der Waals surface area (Å²) in [5, 5.41) is 0. The van der Waals surface area contributed by atoms with E-state index in [1.165, 1.54) is 144 Å². The first-order chi connectivity index (χ1) is 25.6. The normalized spacial score (nSPS) is 26.2. The Morgan fingerprint density at radius 2 is 1.02 bits per heavy atom. The average molecular weight is 690 g/mol. The molecule has 0 spiro atoms. The molecule has 5 aliphatic carbocycles. The van der Waals surface area contributed by atoms with Crippen LogP contribution in [0.25, 0.3) is 11.1 Å². The molecule has 0 heterocycles. The molecule has 5 aliphatic rings. The van der Waals surface area contributed by atoms with Crippen molar-refractivity contribution in [3.05, 3.63) is 113 Å². The summed E-state index contributed by atoms with van der Waals surface area (Å²) in [5.74, 6) is 5.29. The summed E-state index contributed by atoms with van der Waals surface area (Å²) in [6.45, 7) is 4.69. The highest BCUT2D eigenvalue weighted by molar-refractivity contribution is 5.86. The first-order valence-corrected chi connectivity index (χ1v) is 21.9. The zero-order valence-electron chi connectivity index (χ0n) is 32.3. The van der Waals surface area contributed by atoms with Crippen molar-refractivity contribution in [3.63, 3.8) is 0 Å². The van der Waals surface area contributed by atoms with Crippen molar-refractivity contribution in [2.75, 3.05) is 4.90 Å². The summed E-state index contributed by atoms with van der Waals surface area (Å²) in [6, 6.07) is 36.8. The van der Waals surface area contributed by atoms with Gasteiger partial charge >= 0.3 is 0 Å². The van der Waals surface area contributed by atoms with Crippen molar-refractivity contribution in [3.8, 4) is 11.1 Å². The van der Waals surface area contributed by atoms with Gasteiger partial charge in [-0.3, -0.25) is 0 Å². The van der Waals surface area contributed by atoms with E-state index in [-0.39, 0.29) is 5.41 Å². The van der Waals surface area contributed by atoms with Gasteiger partial charge in [-0.25, -0.2) is 0 Å². The van der Waals surface area contributed by atoms with E-state index in [0.717, 1.165) is 35.5 Å². The first-order valence-electron chi connectivity index (χ1n) is 21.9. The summed E-state index contributed by atoms with van der Waals surface area (Å²) < 4.78 is 0. The number of hydrogen-bond donors (Lipinski definition) is 0. The molecule has 1 nitrogen and oxygen atoms in total. The highest BCUT2D eigenvalue weighted by Crippen LogP contribution is 2.57. The summed E-state index contributed by atoms with van der Waals surface area (Å²) in [7, 11) is 0. The van der Waals surface area contributed by atoms with Gasteiger partial charge in [-0.1, -0.05) is 133 Å². The molecule has 6 unspecified atom stereocenters. The maximum Gasteiger partial charge on any atom is 0.0465 e. The number of hydrogen-bond acceptors (Lipinski definition) is 1. The summed E-state index contributed by atoms with van der Waals surface area (Å²) in [6.07, 6.45) is 24.6. The summed E-state index contributed by atoms with van der Waals surface area (Å²) >= 11 is 0. The zero-order chi connectivity index (χ0) is 35.1. The Balaban J connectivity index is 1.11. The Labute approximate surface area is 315 Å². The van der Waals surface area contributed by atoms with Gasteiger partial charge in [0.05, 0.1) is 0 Å². The third-order valence-corrected chi connectivity index (χ3v) is 15.1. The molecule has 6 atom stereocenters. The molecule has 1 heteroatoms. The summed E-state index contributed by atoms with van der Waals surface area (Å²) in [5.41, 5.74) is 13.3. The smallest absolute Gasteiger partial charge is 0.0465 e. The standard InChI is InChI=1S/C51H63N/c1-3-5-7-11-29-51(30-12-8-6-4-2)49-14-10-9-13-45(49)46-28-27-44(35-50(46)51)52(42-23-19-38(20-24-42)47-33-36-15-17-40(47)31-36)43-25-21-39(22-26-43)48-34-37-16-18-41(48)32-37/h9-10,13-14,19-28,35-37,40-41,47-48H,3-8,11-12,15-18,29-34H2,1-2H3. The van der Waals surface area contributed by atoms with Crippen LogP contribution in [0.2, 0.25) is 0 Å². The van der Waals surface area contributed by atoms with Crippen LogP contribution in [-0.2, 0) is 5.41 Å². The van der Waals surface area contributed by atoms with Crippen molar-refractivity contribution in [2.24, 2.45) is 23.7 Å². The van der Waals surface area contributed by atoms with Gasteiger partial charge in [0, 0.05) is 22.5 Å². The Morgan fingerprint density at radius 3 is 1.52 bits per heavy atom. The second kappa shape index (κ2) is 14.8. The van der Waals surface area contributed by atoms with E-state index in [4.69, 9.17) is 0 Å². The molecule has 0 amide bonds. The molecule has 0 aromatic heterocycles. The van der Waals surface area contributed by atoms with Crippen molar-refractivity contribution in [1.82, 2.24) is 0 Å². The number of benzene rings is 4. The highest BCUT2D eigenvalue weighted by atomic mass is 15.1. The number of anilines is 3. The van der Waals surface area contributed by atoms with Gasteiger partial charge < -0.3 is 4.90 Å². The SMILES string of the molecule is CCCCCCC1(CCCCCC)c2ccccc2-c2ccc(N(c3ccc(C4CC5CCC4C5)cc3)c3ccc(C4CC5CCC4C5)cc3)cc21. The predicted octanol–water partition coefficient (Wildman–Crippen LogP) is 15.2. The maximum absolute atomic E-state index is 2.64. The van der Waals surface area contributed by atoms with Crippen LogP contribution in [0.15, 0.2) is 91.0 Å². The fraction of sp³-hybridized carbons (Fsp3) is 0.529. The van der Waals surface area contributed by atoms with Gasteiger partial charge in [-0.05, 0) is 157 Å². The van der Waals surface area contributed by atoms with Gasteiger partial charge in [0.25, 0.3) is 0 Å². The molecule has 272 valence electrons. The second-order valence-corrected chi connectivity index (χ2v) is 18.1. The van der Waals surface area contributed by atoms with E-state index in [0.29, 0.717) is 0 Å². The van der Waals surface area contributed by atoms with Crippen molar-refractivity contribution in [1.29, 1.82) is 0 Å². The number of fused-ring (bicyclic) bond motifs is 7. The molecule has 4 aromatic rings. The van der Waals surface area contributed by atoms with Gasteiger partial charge in [0.15, 0.2) is 0 Å². The van der Waals surface area contributed by atoms with Crippen LogP contribution in [0.4, 0.5) is 17.1 Å². The quantitative estimate of drug-likeness (QED) is 0.112. The Hall–Kier alpha value is -3.32. The molecule has 0 radical (unpaired) electrons. The molecule has 4 aromatic carbocycles. The minimum absolute atomic E-state index is 0.0897. The van der Waals surface area contributed by atoms with Crippen LogP contribution in [0, 0.1) is 23.7 Å². The second-order valence-electron chi connectivity index (χ2n) is 18.1. The average Bonchev–Trinajstić information content (AvgIpc) is 4.05. The molecular weight excluding hydrogens is 627 g/mol. The van der Waals surface area contributed by atoms with Crippen molar-refractivity contribution in [2.45, 2.75) is 147 Å². The third-order valence-electron chi connectivity index (χ3n) is 15.1. The highest BCUT2D eigenvalue weighted by Gasteiger charge is 2.43. The third kappa shape index (κ3) is 6.27. The molecule has 4 saturated carbocycles. The molecular formula is C51H63N. The van der Waals surface area contributed by atoms with Crippen LogP contribution < -0.4 is 4.90 Å². The van der Waals surface area contributed by atoms with Crippen LogP contribution in [-0.4, -0.2) is 0 Å². The number of nitrogens with zero attached hydrogens (tertiary/aromatic N) is 1. The van der Waals surface area contributed by atoms with Gasteiger partial charge in [-0.2, -0.15) is 0 Å². The molecule has 0 saturated heterocycles. The molecule has 4 fully saturated rings. The molecule has 0 N–H and O–H groups in total. The fourth-order valence-corrected chi connectivity index (χ4v) is 12.4. The van der Waals surface area contributed by atoms with E-state index in [1.807, 2.05) is 0 Å². The Bertz CT molecular complexity index is 1730. The van der Waals surface area contributed by atoms with Crippen LogP contribution >= 0.6 is 0 Å². The van der Waals surface area contributed by atoms with E-state index >= 15 is 0 Å². The lowest BCUT2D eigenvalue weighted by Gasteiger charge is -2.34. The fourth-order valence-electron chi connectivity index (χ4n) is 12.4. The Morgan fingerprint density at radius 1 is 0.500 bits per heavy atom. The maximum atomic E-state index is 2.64. The van der Waals surface area contributed by atoms with Crippen LogP contribution in [0.1, 0.15) is 164 Å². The monoisotopic (exact) mass is 689 g/mol. The van der Waals surface area contributed by atoms with Gasteiger partial charge in [-0.15, -0.1) is 0 Å². The van der Waals surface area contributed by atoms with E-state index in [1.54, 1.807) is 22.3 Å². The van der Waals surface area contributed by atoms with Crippen LogP contribution in [0.5, 0.6) is 0 Å². The molecule has 52 heavy (non-hydrogen) atoms. The van der Waals surface area contributed by atoms with E-state index in [2.05, 4.69) is 110 Å². The minimum Gasteiger partial charge on any atom is -0.310 e. The van der Waals surface area contributed by atoms with Gasteiger partial charge in [0.1, 0.15) is 0 Å². The van der Waals surface area contributed by atoms with Crippen molar-refractivity contribution < 1.29 is 0 Å². The topological polar surface area (TPSA) is 3.24 Å².